The van der Waals surface area contributed by atoms with Crippen LogP contribution in [-0.4, -0.2) is 33.5 Å². The molecule has 0 aliphatic heterocycles. The third-order valence-electron chi connectivity index (χ3n) is 2.60. The van der Waals surface area contributed by atoms with E-state index in [9.17, 15) is 4.79 Å². The highest BCUT2D eigenvalue weighted by atomic mass is 32.1. The van der Waals surface area contributed by atoms with E-state index in [1.165, 1.54) is 11.8 Å². The lowest BCUT2D eigenvalue weighted by molar-refractivity contribution is -0.114. The molecule has 0 fully saturated rings. The number of ether oxygens (including phenoxy) is 1. The fourth-order valence-electron chi connectivity index (χ4n) is 1.75. The Kier molecular flexibility index (Phi) is 5.79. The van der Waals surface area contributed by atoms with Crippen molar-refractivity contribution < 1.29 is 9.53 Å². The Balaban J connectivity index is 1.86. The molecule has 0 spiro atoms. The maximum Gasteiger partial charge on any atom is 0.234 e. The Bertz CT molecular complexity index is 618. The van der Waals surface area contributed by atoms with Gasteiger partial charge in [0.1, 0.15) is 5.82 Å². The number of hydrogen-bond donors (Lipinski definition) is 2. The van der Waals surface area contributed by atoms with Gasteiger partial charge >= 0.3 is 0 Å². The van der Waals surface area contributed by atoms with Crippen molar-refractivity contribution in [1.82, 2.24) is 15.0 Å². The molecule has 1 unspecified atom stereocenters. The number of aromatic nitrogens is 3. The van der Waals surface area contributed by atoms with Crippen LogP contribution in [0, 0.1) is 6.92 Å². The van der Waals surface area contributed by atoms with Gasteiger partial charge in [0.2, 0.25) is 17.8 Å². The molecule has 1 amide bonds. The van der Waals surface area contributed by atoms with E-state index < -0.39 is 0 Å². The van der Waals surface area contributed by atoms with Crippen molar-refractivity contribution in [1.29, 1.82) is 0 Å². The van der Waals surface area contributed by atoms with Gasteiger partial charge in [0.25, 0.3) is 0 Å². The average Bonchev–Trinajstić information content (AvgIpc) is 2.90. The molecule has 0 saturated carbocycles. The number of nitrogens with one attached hydrogen (secondary N) is 2. The lowest BCUT2D eigenvalue weighted by Crippen LogP contribution is -2.24. The number of thiophene rings is 1. The summed E-state index contributed by atoms with van der Waals surface area (Å²) in [6.07, 6.45) is 0. The van der Waals surface area contributed by atoms with Gasteiger partial charge in [0, 0.05) is 17.8 Å². The van der Waals surface area contributed by atoms with Crippen LogP contribution in [0.1, 0.15) is 24.5 Å². The summed E-state index contributed by atoms with van der Waals surface area (Å²) in [5, 5.41) is 7.72. The zero-order chi connectivity index (χ0) is 15.9. The summed E-state index contributed by atoms with van der Waals surface area (Å²) in [4.78, 5) is 24.7. The number of carbonyl (C=O) groups is 1. The second kappa shape index (κ2) is 7.81. The van der Waals surface area contributed by atoms with E-state index in [0.717, 1.165) is 0 Å². The smallest absolute Gasteiger partial charge is 0.234 e. The summed E-state index contributed by atoms with van der Waals surface area (Å²) in [7, 11) is 0. The first-order chi connectivity index (χ1) is 10.5. The lowest BCUT2D eigenvalue weighted by atomic mass is 10.4. The van der Waals surface area contributed by atoms with Crippen molar-refractivity contribution in [2.24, 2.45) is 0 Å². The van der Waals surface area contributed by atoms with Gasteiger partial charge < -0.3 is 10.1 Å². The first-order valence-corrected chi connectivity index (χ1v) is 7.78. The minimum Gasteiger partial charge on any atom is -0.374 e. The van der Waals surface area contributed by atoms with Crippen LogP contribution in [0.2, 0.25) is 0 Å². The summed E-state index contributed by atoms with van der Waals surface area (Å²) in [6, 6.07) is 4.08. The molecule has 0 radical (unpaired) electrons. The molecule has 0 bridgehead atoms. The van der Waals surface area contributed by atoms with Gasteiger partial charge in [-0.2, -0.15) is 15.0 Å². The summed E-state index contributed by atoms with van der Waals surface area (Å²) in [5.41, 5.74) is 0. The van der Waals surface area contributed by atoms with Crippen molar-refractivity contribution in [2.75, 3.05) is 17.2 Å². The number of nitrogens with zero attached hydrogens (tertiary/aromatic N) is 3. The largest absolute Gasteiger partial charge is 0.374 e. The summed E-state index contributed by atoms with van der Waals surface area (Å²) < 4.78 is 5.64. The van der Waals surface area contributed by atoms with Gasteiger partial charge in [0.05, 0.1) is 13.2 Å². The summed E-state index contributed by atoms with van der Waals surface area (Å²) in [6.45, 7) is 6.25. The minimum atomic E-state index is -0.219. The van der Waals surface area contributed by atoms with Gasteiger partial charge in [0.15, 0.2) is 0 Å². The monoisotopic (exact) mass is 321 g/mol. The topological polar surface area (TPSA) is 89.0 Å². The van der Waals surface area contributed by atoms with Crippen LogP contribution < -0.4 is 10.6 Å². The van der Waals surface area contributed by atoms with E-state index in [4.69, 9.17) is 4.74 Å². The molecule has 2 aromatic rings. The van der Waals surface area contributed by atoms with Gasteiger partial charge in [-0.05, 0) is 25.3 Å². The van der Waals surface area contributed by atoms with E-state index in [0.29, 0.717) is 25.0 Å². The Morgan fingerprint density at radius 3 is 2.82 bits per heavy atom. The maximum absolute atomic E-state index is 11.1. The molecule has 0 aliphatic rings. The van der Waals surface area contributed by atoms with Gasteiger partial charge in [-0.25, -0.2) is 0 Å². The highest BCUT2D eigenvalue weighted by molar-refractivity contribution is 7.09. The first kappa shape index (κ1) is 16.3. The van der Waals surface area contributed by atoms with E-state index in [-0.39, 0.29) is 17.9 Å². The minimum absolute atomic E-state index is 0.0342. The molecular formula is C14H19N5O2S. The van der Waals surface area contributed by atoms with E-state index in [1.54, 1.807) is 18.3 Å². The van der Waals surface area contributed by atoms with Crippen molar-refractivity contribution in [3.05, 3.63) is 28.2 Å². The molecule has 0 saturated heterocycles. The van der Waals surface area contributed by atoms with E-state index in [2.05, 4.69) is 25.6 Å². The van der Waals surface area contributed by atoms with Crippen molar-refractivity contribution >= 4 is 29.1 Å². The number of aryl methyl sites for hydroxylation is 1. The molecule has 1 atom stereocenters. The molecule has 2 heterocycles. The zero-order valence-electron chi connectivity index (χ0n) is 12.8. The third-order valence-corrected chi connectivity index (χ3v) is 3.45. The van der Waals surface area contributed by atoms with Crippen molar-refractivity contribution in [3.8, 4) is 0 Å². The fourth-order valence-corrected chi connectivity index (χ4v) is 2.39. The van der Waals surface area contributed by atoms with Crippen LogP contribution in [0.5, 0.6) is 0 Å². The quantitative estimate of drug-likeness (QED) is 0.813. The van der Waals surface area contributed by atoms with Gasteiger partial charge in [-0.1, -0.05) is 6.07 Å². The second-order valence-electron chi connectivity index (χ2n) is 4.85. The molecule has 22 heavy (non-hydrogen) atoms. The predicted molar refractivity (Wildman–Crippen MR) is 85.9 cm³/mol. The molecule has 0 aromatic carbocycles. The summed E-state index contributed by atoms with van der Waals surface area (Å²) >= 11 is 1.67. The van der Waals surface area contributed by atoms with Crippen LogP contribution in [-0.2, 0) is 16.1 Å². The fraction of sp³-hybridized carbons (Fsp3) is 0.429. The van der Waals surface area contributed by atoms with Crippen LogP contribution in [0.15, 0.2) is 17.5 Å². The number of hydrogen-bond acceptors (Lipinski definition) is 7. The average molecular weight is 321 g/mol. The molecule has 7 nitrogen and oxygen atoms in total. The Morgan fingerprint density at radius 1 is 1.36 bits per heavy atom. The van der Waals surface area contributed by atoms with Crippen LogP contribution in [0.25, 0.3) is 0 Å². The Morgan fingerprint density at radius 2 is 2.14 bits per heavy atom. The second-order valence-corrected chi connectivity index (χ2v) is 5.88. The molecule has 118 valence electrons. The van der Waals surface area contributed by atoms with Crippen LogP contribution in [0.4, 0.5) is 11.9 Å². The van der Waals surface area contributed by atoms with E-state index in [1.807, 2.05) is 24.4 Å². The van der Waals surface area contributed by atoms with Gasteiger partial charge in [-0.15, -0.1) is 11.3 Å². The number of carbonyl (C=O) groups excluding carboxylic acids is 1. The normalized spacial score (nSPS) is 12.0. The SMILES string of the molecule is CC(=O)Nc1nc(C)nc(NC(C)COCc2cccs2)n1. The Labute approximate surface area is 133 Å². The molecule has 2 aromatic heterocycles. The standard InChI is InChI=1S/C14H19N5O2S/c1-9(7-21-8-12-5-4-6-22-12)15-13-16-10(2)17-14(19-13)18-11(3)20/h4-6,9H,7-8H2,1-3H3,(H2,15,16,17,18,19,20). The molecule has 8 heteroatoms. The number of rotatable bonds is 7. The van der Waals surface area contributed by atoms with Crippen molar-refractivity contribution in [2.45, 2.75) is 33.4 Å². The molecule has 2 rings (SSSR count). The van der Waals surface area contributed by atoms with Crippen LogP contribution in [0.3, 0.4) is 0 Å². The number of amides is 1. The molecular weight excluding hydrogens is 302 g/mol. The highest BCUT2D eigenvalue weighted by Gasteiger charge is 2.09. The van der Waals surface area contributed by atoms with E-state index >= 15 is 0 Å². The van der Waals surface area contributed by atoms with Gasteiger partial charge in [-0.3, -0.25) is 10.1 Å². The Hall–Kier alpha value is -2.06. The van der Waals surface area contributed by atoms with Crippen molar-refractivity contribution in [3.63, 3.8) is 0 Å². The maximum atomic E-state index is 11.1. The third kappa shape index (κ3) is 5.38. The molecule has 2 N–H and O–H groups in total. The number of anilines is 2. The lowest BCUT2D eigenvalue weighted by Gasteiger charge is -2.14. The zero-order valence-corrected chi connectivity index (χ0v) is 13.6. The highest BCUT2D eigenvalue weighted by Crippen LogP contribution is 2.10. The molecule has 0 aliphatic carbocycles. The van der Waals surface area contributed by atoms with Crippen LogP contribution >= 0.6 is 11.3 Å². The first-order valence-electron chi connectivity index (χ1n) is 6.90. The predicted octanol–water partition coefficient (Wildman–Crippen LogP) is 2.22. The summed E-state index contributed by atoms with van der Waals surface area (Å²) in [5.74, 6) is 0.981.